The summed E-state index contributed by atoms with van der Waals surface area (Å²) in [5.41, 5.74) is 0. The zero-order valence-corrected chi connectivity index (χ0v) is 7.89. The van der Waals surface area contributed by atoms with Crippen molar-refractivity contribution in [3.8, 4) is 0 Å². The Morgan fingerprint density at radius 3 is 2.00 bits per heavy atom. The topological polar surface area (TPSA) is 51.2 Å². The number of carbonyl (C=O) groups is 1. The van der Waals surface area contributed by atoms with Crippen LogP contribution in [0.5, 0.6) is 0 Å². The molecule has 0 aliphatic heterocycles. The zero-order chi connectivity index (χ0) is 9.07. The van der Waals surface area contributed by atoms with Gasteiger partial charge in [-0.3, -0.25) is 0 Å². The molecule has 1 unspecified atom stereocenters. The monoisotopic (exact) mass is 178 g/mol. The molecule has 0 spiro atoms. The largest absolute Gasteiger partial charge is 0.302 e. The predicted molar refractivity (Wildman–Crippen MR) is 44.2 cm³/mol. The van der Waals surface area contributed by atoms with E-state index >= 15 is 0 Å². The molecule has 0 saturated carbocycles. The molecular weight excluding hydrogens is 164 g/mol. The van der Waals surface area contributed by atoms with Crippen molar-refractivity contribution in [2.45, 2.75) is 26.0 Å². The Kier molecular flexibility index (Phi) is 3.72. The van der Waals surface area contributed by atoms with Crippen molar-refractivity contribution in [3.05, 3.63) is 0 Å². The second-order valence-corrected chi connectivity index (χ2v) is 5.35. The normalized spacial score (nSPS) is 14.9. The van der Waals surface area contributed by atoms with E-state index in [9.17, 15) is 13.2 Å². The molecule has 0 fully saturated rings. The quantitative estimate of drug-likeness (QED) is 0.594. The summed E-state index contributed by atoms with van der Waals surface area (Å²) in [5.74, 6) is -0.285. The van der Waals surface area contributed by atoms with Crippen LogP contribution >= 0.6 is 0 Å². The molecule has 0 rings (SSSR count). The lowest BCUT2D eigenvalue weighted by atomic mass is 10.2. The van der Waals surface area contributed by atoms with E-state index in [2.05, 4.69) is 0 Å². The van der Waals surface area contributed by atoms with E-state index in [0.717, 1.165) is 0 Å². The third kappa shape index (κ3) is 3.01. The van der Waals surface area contributed by atoms with Gasteiger partial charge in [0.05, 0.1) is 5.25 Å². The molecule has 3 nitrogen and oxygen atoms in total. The first-order chi connectivity index (χ1) is 4.91. The van der Waals surface area contributed by atoms with E-state index in [0.29, 0.717) is 6.29 Å². The second kappa shape index (κ2) is 3.85. The van der Waals surface area contributed by atoms with Crippen molar-refractivity contribution >= 4 is 16.1 Å². The molecule has 0 amide bonds. The Morgan fingerprint density at radius 2 is 1.73 bits per heavy atom. The van der Waals surface area contributed by atoms with E-state index in [-0.39, 0.29) is 11.7 Å². The molecule has 0 saturated heterocycles. The van der Waals surface area contributed by atoms with Crippen LogP contribution in [0.3, 0.4) is 0 Å². The standard InChI is InChI=1S/C7H14O3S/c1-6(2)7(3)11(9,10)5-4-8/h4,6-7H,5H2,1-3H3. The second-order valence-electron chi connectivity index (χ2n) is 2.95. The maximum atomic E-state index is 11.1. The molecule has 66 valence electrons. The van der Waals surface area contributed by atoms with E-state index in [4.69, 9.17) is 0 Å². The number of hydrogen-bond acceptors (Lipinski definition) is 3. The van der Waals surface area contributed by atoms with Gasteiger partial charge in [-0.15, -0.1) is 0 Å². The molecule has 0 aromatic heterocycles. The van der Waals surface area contributed by atoms with Crippen LogP contribution in [0.4, 0.5) is 0 Å². The minimum Gasteiger partial charge on any atom is -0.302 e. The Hall–Kier alpha value is -0.380. The summed E-state index contributed by atoms with van der Waals surface area (Å²) in [7, 11) is -3.18. The van der Waals surface area contributed by atoms with Crippen molar-refractivity contribution in [2.24, 2.45) is 5.92 Å². The van der Waals surface area contributed by atoms with Crippen LogP contribution in [0.1, 0.15) is 20.8 Å². The van der Waals surface area contributed by atoms with Gasteiger partial charge in [0, 0.05) is 0 Å². The fraction of sp³-hybridized carbons (Fsp3) is 0.857. The lowest BCUT2D eigenvalue weighted by molar-refractivity contribution is -0.105. The Labute approximate surface area is 67.7 Å². The highest BCUT2D eigenvalue weighted by molar-refractivity contribution is 7.92. The molecule has 0 N–H and O–H groups in total. The van der Waals surface area contributed by atoms with Crippen LogP contribution in [-0.2, 0) is 14.6 Å². The highest BCUT2D eigenvalue weighted by atomic mass is 32.2. The summed E-state index contributed by atoms with van der Waals surface area (Å²) in [5, 5.41) is -0.423. The van der Waals surface area contributed by atoms with Crippen LogP contribution < -0.4 is 0 Å². The highest BCUT2D eigenvalue weighted by Gasteiger charge is 2.22. The fourth-order valence-corrected chi connectivity index (χ4v) is 1.98. The SMILES string of the molecule is CC(C)C(C)S(=O)(=O)CC=O. The molecule has 0 bridgehead atoms. The van der Waals surface area contributed by atoms with Crippen LogP contribution in [0.2, 0.25) is 0 Å². The van der Waals surface area contributed by atoms with E-state index in [1.165, 1.54) is 0 Å². The number of hydrogen-bond donors (Lipinski definition) is 0. The summed E-state index contributed by atoms with van der Waals surface area (Å²) >= 11 is 0. The lowest BCUT2D eigenvalue weighted by Gasteiger charge is -2.13. The van der Waals surface area contributed by atoms with Gasteiger partial charge in [0.25, 0.3) is 0 Å². The van der Waals surface area contributed by atoms with Crippen LogP contribution in [0.15, 0.2) is 0 Å². The summed E-state index contributed by atoms with van der Waals surface area (Å²) in [4.78, 5) is 9.97. The van der Waals surface area contributed by atoms with Crippen molar-refractivity contribution in [1.82, 2.24) is 0 Å². The smallest absolute Gasteiger partial charge is 0.159 e. The predicted octanol–water partition coefficient (Wildman–Crippen LogP) is 0.645. The zero-order valence-electron chi connectivity index (χ0n) is 7.07. The Balaban J connectivity index is 4.43. The Bertz CT molecular complexity index is 216. The lowest BCUT2D eigenvalue weighted by Crippen LogP contribution is -2.26. The van der Waals surface area contributed by atoms with Gasteiger partial charge in [0.15, 0.2) is 9.84 Å². The van der Waals surface area contributed by atoms with E-state index < -0.39 is 15.1 Å². The minimum atomic E-state index is -3.18. The van der Waals surface area contributed by atoms with Crippen molar-refractivity contribution in [3.63, 3.8) is 0 Å². The first-order valence-corrected chi connectivity index (χ1v) is 5.28. The summed E-state index contributed by atoms with van der Waals surface area (Å²) in [6.07, 6.45) is 0.439. The number of rotatable bonds is 4. The van der Waals surface area contributed by atoms with Gasteiger partial charge in [-0.05, 0) is 12.8 Å². The van der Waals surface area contributed by atoms with Crippen LogP contribution in [0, 0.1) is 5.92 Å². The van der Waals surface area contributed by atoms with Gasteiger partial charge in [0.1, 0.15) is 12.0 Å². The van der Waals surface area contributed by atoms with Crippen molar-refractivity contribution < 1.29 is 13.2 Å². The molecule has 11 heavy (non-hydrogen) atoms. The maximum absolute atomic E-state index is 11.1. The number of aldehydes is 1. The highest BCUT2D eigenvalue weighted by Crippen LogP contribution is 2.11. The Morgan fingerprint density at radius 1 is 1.27 bits per heavy atom. The van der Waals surface area contributed by atoms with Gasteiger partial charge in [-0.2, -0.15) is 0 Å². The van der Waals surface area contributed by atoms with Gasteiger partial charge in [-0.25, -0.2) is 8.42 Å². The van der Waals surface area contributed by atoms with E-state index in [1.807, 2.05) is 13.8 Å². The van der Waals surface area contributed by atoms with Gasteiger partial charge < -0.3 is 4.79 Å². The summed E-state index contributed by atoms with van der Waals surface area (Å²) in [6, 6.07) is 0. The van der Waals surface area contributed by atoms with Crippen molar-refractivity contribution in [1.29, 1.82) is 0 Å². The fourth-order valence-electron chi connectivity index (χ4n) is 0.661. The van der Waals surface area contributed by atoms with Gasteiger partial charge in [0.2, 0.25) is 0 Å². The minimum absolute atomic E-state index is 0.0694. The first-order valence-electron chi connectivity index (χ1n) is 3.57. The van der Waals surface area contributed by atoms with Crippen LogP contribution in [0.25, 0.3) is 0 Å². The van der Waals surface area contributed by atoms with Gasteiger partial charge >= 0.3 is 0 Å². The third-order valence-corrected chi connectivity index (χ3v) is 4.08. The van der Waals surface area contributed by atoms with E-state index in [1.54, 1.807) is 6.92 Å². The molecule has 0 aromatic rings. The molecule has 1 atom stereocenters. The van der Waals surface area contributed by atoms with Crippen LogP contribution in [-0.4, -0.2) is 25.7 Å². The molecule has 4 heteroatoms. The molecule has 0 radical (unpaired) electrons. The molecular formula is C7H14O3S. The first kappa shape index (κ1) is 10.6. The molecule has 0 aromatic carbocycles. The molecule has 0 heterocycles. The van der Waals surface area contributed by atoms with Crippen molar-refractivity contribution in [2.75, 3.05) is 5.75 Å². The average Bonchev–Trinajstić information content (AvgIpc) is 1.86. The number of sulfone groups is 1. The average molecular weight is 178 g/mol. The molecule has 0 aliphatic rings. The number of carbonyl (C=O) groups excluding carboxylic acids is 1. The van der Waals surface area contributed by atoms with Gasteiger partial charge in [-0.1, -0.05) is 13.8 Å². The molecule has 0 aliphatic carbocycles. The summed E-state index contributed by atoms with van der Waals surface area (Å²) in [6.45, 7) is 5.28. The third-order valence-electron chi connectivity index (χ3n) is 1.81. The maximum Gasteiger partial charge on any atom is 0.159 e. The summed E-state index contributed by atoms with van der Waals surface area (Å²) < 4.78 is 22.3.